The van der Waals surface area contributed by atoms with Gasteiger partial charge >= 0.3 is 0 Å². The number of nitrogen functional groups attached to an aromatic ring is 1. The van der Waals surface area contributed by atoms with Crippen LogP contribution in [0.1, 0.15) is 5.82 Å². The minimum atomic E-state index is 0.388. The monoisotopic (exact) mass is 204 g/mol. The predicted octanol–water partition coefficient (Wildman–Crippen LogP) is 0.976. The first kappa shape index (κ1) is 9.51. The van der Waals surface area contributed by atoms with Crippen LogP contribution in [0.2, 0.25) is 0 Å². The molecule has 5 heteroatoms. The number of nitrogens with zero attached hydrogens (tertiary/aromatic N) is 3. The topological polar surface area (TPSA) is 66.0 Å². The van der Waals surface area contributed by atoms with Gasteiger partial charge in [0.2, 0.25) is 0 Å². The van der Waals surface area contributed by atoms with E-state index in [1.807, 2.05) is 19.2 Å². The number of nitrogens with two attached hydrogens (primary N) is 1. The van der Waals surface area contributed by atoms with Gasteiger partial charge in [-0.15, -0.1) is 0 Å². The summed E-state index contributed by atoms with van der Waals surface area (Å²) in [5.74, 6) is 2.13. The van der Waals surface area contributed by atoms with Crippen molar-refractivity contribution in [1.82, 2.24) is 14.5 Å². The van der Waals surface area contributed by atoms with Crippen molar-refractivity contribution in [2.24, 2.45) is 7.05 Å². The fraction of sp³-hybridized carbons (Fsp3) is 0.200. The Morgan fingerprint density at radius 1 is 1.47 bits per heavy atom. The van der Waals surface area contributed by atoms with E-state index in [1.54, 1.807) is 23.2 Å². The highest BCUT2D eigenvalue weighted by Gasteiger charge is 2.03. The van der Waals surface area contributed by atoms with Crippen molar-refractivity contribution in [2.45, 2.75) is 6.61 Å². The van der Waals surface area contributed by atoms with Gasteiger partial charge in [0, 0.05) is 13.2 Å². The molecule has 2 heterocycles. The van der Waals surface area contributed by atoms with Crippen LogP contribution >= 0.6 is 0 Å². The molecule has 0 amide bonds. The van der Waals surface area contributed by atoms with Crippen LogP contribution in [0, 0.1) is 0 Å². The number of hydrogen-bond acceptors (Lipinski definition) is 4. The lowest BCUT2D eigenvalue weighted by molar-refractivity contribution is 0.291. The SMILES string of the molecule is Cn1c(N)cnc1COc1cccnc1. The van der Waals surface area contributed by atoms with Gasteiger partial charge in [0.15, 0.2) is 0 Å². The molecule has 0 radical (unpaired) electrons. The second-order valence-corrected chi connectivity index (χ2v) is 3.14. The van der Waals surface area contributed by atoms with Gasteiger partial charge < -0.3 is 15.0 Å². The summed E-state index contributed by atoms with van der Waals surface area (Å²) in [5, 5.41) is 0. The van der Waals surface area contributed by atoms with Crippen LogP contribution in [0.15, 0.2) is 30.7 Å². The average molecular weight is 204 g/mol. The highest BCUT2D eigenvalue weighted by atomic mass is 16.5. The largest absolute Gasteiger partial charge is 0.484 e. The molecule has 2 rings (SSSR count). The lowest BCUT2D eigenvalue weighted by atomic mass is 10.5. The summed E-state index contributed by atoms with van der Waals surface area (Å²) in [6, 6.07) is 3.67. The molecular weight excluding hydrogens is 192 g/mol. The Morgan fingerprint density at radius 2 is 2.33 bits per heavy atom. The Kier molecular flexibility index (Phi) is 2.53. The Bertz CT molecular complexity index is 438. The summed E-state index contributed by atoms with van der Waals surface area (Å²) in [5.41, 5.74) is 5.64. The minimum absolute atomic E-state index is 0.388. The van der Waals surface area contributed by atoms with E-state index in [1.165, 1.54) is 0 Å². The van der Waals surface area contributed by atoms with Gasteiger partial charge in [-0.3, -0.25) is 4.98 Å². The van der Waals surface area contributed by atoms with E-state index in [9.17, 15) is 0 Å². The van der Waals surface area contributed by atoms with Crippen LogP contribution in [0.3, 0.4) is 0 Å². The first-order valence-electron chi connectivity index (χ1n) is 4.56. The number of aromatic nitrogens is 3. The first-order chi connectivity index (χ1) is 7.27. The van der Waals surface area contributed by atoms with E-state index < -0.39 is 0 Å². The molecule has 2 N–H and O–H groups in total. The molecule has 0 aliphatic rings. The average Bonchev–Trinajstić information content (AvgIpc) is 2.59. The van der Waals surface area contributed by atoms with Crippen molar-refractivity contribution >= 4 is 5.82 Å². The van der Waals surface area contributed by atoms with Gasteiger partial charge in [0.25, 0.3) is 0 Å². The van der Waals surface area contributed by atoms with Crippen LogP contribution < -0.4 is 10.5 Å². The third-order valence-corrected chi connectivity index (χ3v) is 2.12. The number of rotatable bonds is 3. The molecule has 0 bridgehead atoms. The molecule has 2 aromatic heterocycles. The molecule has 0 saturated carbocycles. The number of imidazole rings is 1. The number of ether oxygens (including phenoxy) is 1. The fourth-order valence-electron chi connectivity index (χ4n) is 1.18. The summed E-state index contributed by atoms with van der Waals surface area (Å²) in [7, 11) is 1.85. The maximum Gasteiger partial charge on any atom is 0.148 e. The molecule has 2 aromatic rings. The molecule has 0 aliphatic carbocycles. The van der Waals surface area contributed by atoms with E-state index in [-0.39, 0.29) is 0 Å². The van der Waals surface area contributed by atoms with E-state index in [2.05, 4.69) is 9.97 Å². The molecular formula is C10H12N4O. The highest BCUT2D eigenvalue weighted by Crippen LogP contribution is 2.10. The molecule has 0 unspecified atom stereocenters. The normalized spacial score (nSPS) is 10.2. The molecule has 0 aliphatic heterocycles. The third kappa shape index (κ3) is 2.07. The lowest BCUT2D eigenvalue weighted by Gasteiger charge is -2.05. The van der Waals surface area contributed by atoms with Crippen LogP contribution in [0.4, 0.5) is 5.82 Å². The number of pyridine rings is 1. The smallest absolute Gasteiger partial charge is 0.148 e. The van der Waals surface area contributed by atoms with Gasteiger partial charge in [0.1, 0.15) is 24.0 Å². The maximum atomic E-state index is 5.64. The lowest BCUT2D eigenvalue weighted by Crippen LogP contribution is -2.05. The van der Waals surface area contributed by atoms with Crippen LogP contribution in [-0.2, 0) is 13.7 Å². The highest BCUT2D eigenvalue weighted by molar-refractivity contribution is 5.27. The van der Waals surface area contributed by atoms with Crippen LogP contribution in [0.5, 0.6) is 5.75 Å². The molecule has 15 heavy (non-hydrogen) atoms. The zero-order valence-corrected chi connectivity index (χ0v) is 8.42. The minimum Gasteiger partial charge on any atom is -0.484 e. The molecule has 78 valence electrons. The summed E-state index contributed by atoms with van der Waals surface area (Å²) in [4.78, 5) is 8.07. The quantitative estimate of drug-likeness (QED) is 0.809. The van der Waals surface area contributed by atoms with Crippen molar-refractivity contribution in [3.05, 3.63) is 36.5 Å². The van der Waals surface area contributed by atoms with E-state index in [0.29, 0.717) is 12.4 Å². The van der Waals surface area contributed by atoms with Gasteiger partial charge in [-0.1, -0.05) is 0 Å². The molecule has 0 spiro atoms. The molecule has 5 nitrogen and oxygen atoms in total. The predicted molar refractivity (Wildman–Crippen MR) is 56.2 cm³/mol. The Hall–Kier alpha value is -2.04. The standard InChI is InChI=1S/C10H12N4O/c1-14-9(11)6-13-10(14)7-15-8-3-2-4-12-5-8/h2-6H,7,11H2,1H3. The van der Waals surface area contributed by atoms with Gasteiger partial charge in [-0.25, -0.2) is 4.98 Å². The molecule has 0 aromatic carbocycles. The summed E-state index contributed by atoms with van der Waals surface area (Å²) in [6.45, 7) is 0.388. The Morgan fingerprint density at radius 3 is 2.93 bits per heavy atom. The van der Waals surface area contributed by atoms with Crippen molar-refractivity contribution in [3.63, 3.8) is 0 Å². The first-order valence-corrected chi connectivity index (χ1v) is 4.56. The van der Waals surface area contributed by atoms with E-state index >= 15 is 0 Å². The molecule has 0 fully saturated rings. The van der Waals surface area contributed by atoms with E-state index in [4.69, 9.17) is 10.5 Å². The number of hydrogen-bond donors (Lipinski definition) is 1. The zero-order valence-electron chi connectivity index (χ0n) is 8.42. The van der Waals surface area contributed by atoms with Crippen molar-refractivity contribution < 1.29 is 4.74 Å². The summed E-state index contributed by atoms with van der Waals surface area (Å²) < 4.78 is 7.27. The van der Waals surface area contributed by atoms with Crippen LogP contribution in [-0.4, -0.2) is 14.5 Å². The Balaban J connectivity index is 2.02. The summed E-state index contributed by atoms with van der Waals surface area (Å²) >= 11 is 0. The number of anilines is 1. The molecule has 0 atom stereocenters. The van der Waals surface area contributed by atoms with Gasteiger partial charge in [0.05, 0.1) is 12.4 Å². The second kappa shape index (κ2) is 4.00. The molecule has 0 saturated heterocycles. The second-order valence-electron chi connectivity index (χ2n) is 3.14. The van der Waals surface area contributed by atoms with Gasteiger partial charge in [-0.2, -0.15) is 0 Å². The third-order valence-electron chi connectivity index (χ3n) is 2.12. The van der Waals surface area contributed by atoms with Crippen molar-refractivity contribution in [2.75, 3.05) is 5.73 Å². The summed E-state index contributed by atoms with van der Waals surface area (Å²) in [6.07, 6.45) is 4.97. The van der Waals surface area contributed by atoms with Crippen molar-refractivity contribution in [3.8, 4) is 5.75 Å². The maximum absolute atomic E-state index is 5.64. The van der Waals surface area contributed by atoms with Crippen molar-refractivity contribution in [1.29, 1.82) is 0 Å². The Labute approximate surface area is 87.5 Å². The zero-order chi connectivity index (χ0) is 10.7. The fourth-order valence-corrected chi connectivity index (χ4v) is 1.18. The van der Waals surface area contributed by atoms with Crippen LogP contribution in [0.25, 0.3) is 0 Å². The van der Waals surface area contributed by atoms with Gasteiger partial charge in [-0.05, 0) is 12.1 Å². The van der Waals surface area contributed by atoms with E-state index in [0.717, 1.165) is 11.6 Å².